The van der Waals surface area contributed by atoms with Crippen molar-refractivity contribution in [2.24, 2.45) is 11.7 Å². The Kier molecular flexibility index (Phi) is 3.36. The number of nitrogens with two attached hydrogens (primary N) is 1. The highest BCUT2D eigenvalue weighted by atomic mass is 35.5. The van der Waals surface area contributed by atoms with E-state index in [1.807, 2.05) is 0 Å². The van der Waals surface area contributed by atoms with Crippen molar-refractivity contribution in [2.75, 3.05) is 5.32 Å². The van der Waals surface area contributed by atoms with Crippen molar-refractivity contribution < 1.29 is 4.79 Å². The van der Waals surface area contributed by atoms with Crippen LogP contribution in [0.15, 0.2) is 12.4 Å². The summed E-state index contributed by atoms with van der Waals surface area (Å²) in [6.45, 7) is 0. The first-order chi connectivity index (χ1) is 7.65. The Morgan fingerprint density at radius 2 is 2.31 bits per heavy atom. The van der Waals surface area contributed by atoms with E-state index in [-0.39, 0.29) is 17.9 Å². The second kappa shape index (κ2) is 4.76. The van der Waals surface area contributed by atoms with Gasteiger partial charge in [0, 0.05) is 18.0 Å². The number of halogens is 1. The second-order valence-electron chi connectivity index (χ2n) is 3.99. The molecule has 0 saturated heterocycles. The van der Waals surface area contributed by atoms with Crippen LogP contribution in [-0.2, 0) is 4.79 Å². The predicted molar refractivity (Wildman–Crippen MR) is 61.0 cm³/mol. The number of amides is 1. The molecule has 1 aliphatic rings. The van der Waals surface area contributed by atoms with Crippen molar-refractivity contribution in [1.82, 2.24) is 9.97 Å². The monoisotopic (exact) mass is 240 g/mol. The van der Waals surface area contributed by atoms with Gasteiger partial charge < -0.3 is 11.1 Å². The SMILES string of the molecule is NC1CCC(C(=O)Nc2cc(Cl)ncn2)C1. The quantitative estimate of drug-likeness (QED) is 0.761. The number of aromatic nitrogens is 2. The van der Waals surface area contributed by atoms with Crippen molar-refractivity contribution in [1.29, 1.82) is 0 Å². The molecule has 2 rings (SSSR count). The van der Waals surface area contributed by atoms with Gasteiger partial charge in [-0.05, 0) is 19.3 Å². The molecule has 2 atom stereocenters. The smallest absolute Gasteiger partial charge is 0.228 e. The van der Waals surface area contributed by atoms with Gasteiger partial charge in [-0.1, -0.05) is 11.6 Å². The molecule has 0 bridgehead atoms. The lowest BCUT2D eigenvalue weighted by Crippen LogP contribution is -2.23. The summed E-state index contributed by atoms with van der Waals surface area (Å²) < 4.78 is 0. The number of carbonyl (C=O) groups is 1. The van der Waals surface area contributed by atoms with E-state index in [1.165, 1.54) is 12.4 Å². The van der Waals surface area contributed by atoms with E-state index in [0.29, 0.717) is 11.0 Å². The normalized spacial score (nSPS) is 24.4. The van der Waals surface area contributed by atoms with Gasteiger partial charge in [0.2, 0.25) is 5.91 Å². The topological polar surface area (TPSA) is 80.9 Å². The molecule has 1 aromatic heterocycles. The van der Waals surface area contributed by atoms with E-state index < -0.39 is 0 Å². The largest absolute Gasteiger partial charge is 0.328 e. The Hall–Kier alpha value is -1.20. The first-order valence-corrected chi connectivity index (χ1v) is 5.57. The Morgan fingerprint density at radius 3 is 2.94 bits per heavy atom. The van der Waals surface area contributed by atoms with Crippen LogP contribution in [0.3, 0.4) is 0 Å². The highest BCUT2D eigenvalue weighted by Gasteiger charge is 2.27. The van der Waals surface area contributed by atoms with Crippen LogP contribution in [0.1, 0.15) is 19.3 Å². The van der Waals surface area contributed by atoms with E-state index in [9.17, 15) is 4.79 Å². The summed E-state index contributed by atoms with van der Waals surface area (Å²) in [4.78, 5) is 19.5. The van der Waals surface area contributed by atoms with Gasteiger partial charge in [-0.25, -0.2) is 9.97 Å². The van der Waals surface area contributed by atoms with Crippen LogP contribution in [0.2, 0.25) is 5.15 Å². The average molecular weight is 241 g/mol. The number of anilines is 1. The third-order valence-corrected chi connectivity index (χ3v) is 2.94. The van der Waals surface area contributed by atoms with Crippen molar-refractivity contribution in [3.8, 4) is 0 Å². The Morgan fingerprint density at radius 1 is 1.50 bits per heavy atom. The van der Waals surface area contributed by atoms with Gasteiger partial charge >= 0.3 is 0 Å². The summed E-state index contributed by atoms with van der Waals surface area (Å²) in [7, 11) is 0. The molecule has 0 spiro atoms. The van der Waals surface area contributed by atoms with Gasteiger partial charge in [0.15, 0.2) is 0 Å². The van der Waals surface area contributed by atoms with E-state index in [0.717, 1.165) is 19.3 Å². The van der Waals surface area contributed by atoms with Gasteiger partial charge in [0.1, 0.15) is 17.3 Å². The van der Waals surface area contributed by atoms with Crippen LogP contribution >= 0.6 is 11.6 Å². The van der Waals surface area contributed by atoms with E-state index >= 15 is 0 Å². The molecule has 1 aromatic rings. The molecule has 0 aromatic carbocycles. The lowest BCUT2D eigenvalue weighted by Gasteiger charge is -2.09. The third kappa shape index (κ3) is 2.68. The van der Waals surface area contributed by atoms with Crippen LogP contribution < -0.4 is 11.1 Å². The number of rotatable bonds is 2. The number of hydrogen-bond acceptors (Lipinski definition) is 4. The van der Waals surface area contributed by atoms with Crippen molar-refractivity contribution >= 4 is 23.3 Å². The zero-order valence-corrected chi connectivity index (χ0v) is 9.44. The molecule has 1 fully saturated rings. The molecule has 86 valence electrons. The van der Waals surface area contributed by atoms with Crippen molar-refractivity contribution in [3.63, 3.8) is 0 Å². The van der Waals surface area contributed by atoms with E-state index in [1.54, 1.807) is 0 Å². The molecule has 0 radical (unpaired) electrons. The zero-order valence-electron chi connectivity index (χ0n) is 8.69. The maximum absolute atomic E-state index is 11.8. The fourth-order valence-electron chi connectivity index (χ4n) is 1.88. The highest BCUT2D eigenvalue weighted by Crippen LogP contribution is 2.25. The van der Waals surface area contributed by atoms with Gasteiger partial charge in [0.25, 0.3) is 0 Å². The molecule has 3 N–H and O–H groups in total. The number of carbonyl (C=O) groups excluding carboxylic acids is 1. The molecule has 0 aliphatic heterocycles. The van der Waals surface area contributed by atoms with Crippen LogP contribution in [-0.4, -0.2) is 21.9 Å². The van der Waals surface area contributed by atoms with Crippen LogP contribution in [0.5, 0.6) is 0 Å². The fourth-order valence-corrected chi connectivity index (χ4v) is 2.03. The minimum absolute atomic E-state index is 0.0104. The number of nitrogens with one attached hydrogen (secondary N) is 1. The maximum Gasteiger partial charge on any atom is 0.228 e. The van der Waals surface area contributed by atoms with Gasteiger partial charge in [-0.3, -0.25) is 4.79 Å². The highest BCUT2D eigenvalue weighted by molar-refractivity contribution is 6.29. The summed E-state index contributed by atoms with van der Waals surface area (Å²) in [6.07, 6.45) is 3.80. The van der Waals surface area contributed by atoms with Crippen molar-refractivity contribution in [3.05, 3.63) is 17.5 Å². The average Bonchev–Trinajstić information content (AvgIpc) is 2.65. The first kappa shape index (κ1) is 11.3. The molecule has 16 heavy (non-hydrogen) atoms. The summed E-state index contributed by atoms with van der Waals surface area (Å²) in [5.41, 5.74) is 5.75. The first-order valence-electron chi connectivity index (χ1n) is 5.19. The standard InChI is InChI=1S/C10H13ClN4O/c11-8-4-9(14-5-13-8)15-10(16)6-1-2-7(12)3-6/h4-7H,1-3,12H2,(H,13,14,15,16). The fraction of sp³-hybridized carbons (Fsp3) is 0.500. The van der Waals surface area contributed by atoms with Crippen LogP contribution in [0.25, 0.3) is 0 Å². The van der Waals surface area contributed by atoms with Gasteiger partial charge in [-0.2, -0.15) is 0 Å². The summed E-state index contributed by atoms with van der Waals surface area (Å²) in [6, 6.07) is 1.67. The van der Waals surface area contributed by atoms with Gasteiger partial charge in [-0.15, -0.1) is 0 Å². The molecular weight excluding hydrogens is 228 g/mol. The molecule has 1 saturated carbocycles. The lowest BCUT2D eigenvalue weighted by atomic mass is 10.1. The molecule has 6 heteroatoms. The van der Waals surface area contributed by atoms with Crippen LogP contribution in [0.4, 0.5) is 5.82 Å². The number of nitrogens with zero attached hydrogens (tertiary/aromatic N) is 2. The van der Waals surface area contributed by atoms with Crippen LogP contribution in [0, 0.1) is 5.92 Å². The molecule has 1 amide bonds. The minimum Gasteiger partial charge on any atom is -0.328 e. The second-order valence-corrected chi connectivity index (χ2v) is 4.37. The van der Waals surface area contributed by atoms with E-state index in [2.05, 4.69) is 15.3 Å². The summed E-state index contributed by atoms with van der Waals surface area (Å²) in [5.74, 6) is 0.386. The Labute approximate surface area is 98.4 Å². The van der Waals surface area contributed by atoms with Gasteiger partial charge in [0.05, 0.1) is 0 Å². The molecular formula is C10H13ClN4O. The number of hydrogen-bond donors (Lipinski definition) is 2. The Bertz CT molecular complexity index is 398. The lowest BCUT2D eigenvalue weighted by molar-refractivity contribution is -0.119. The van der Waals surface area contributed by atoms with Crippen molar-refractivity contribution in [2.45, 2.75) is 25.3 Å². The molecule has 5 nitrogen and oxygen atoms in total. The molecule has 1 heterocycles. The summed E-state index contributed by atoms with van der Waals surface area (Å²) in [5, 5.41) is 3.03. The van der Waals surface area contributed by atoms with E-state index in [4.69, 9.17) is 17.3 Å². The Balaban J connectivity index is 1.97. The predicted octanol–water partition coefficient (Wildman–Crippen LogP) is 1.20. The third-order valence-electron chi connectivity index (χ3n) is 2.73. The minimum atomic E-state index is -0.0392. The molecule has 2 unspecified atom stereocenters. The molecule has 1 aliphatic carbocycles. The summed E-state index contributed by atoms with van der Waals surface area (Å²) >= 11 is 5.69. The maximum atomic E-state index is 11.8. The zero-order chi connectivity index (χ0) is 11.5.